The number of benzene rings is 1. The molecule has 1 unspecified atom stereocenters. The summed E-state index contributed by atoms with van der Waals surface area (Å²) in [6.07, 6.45) is 0. The maximum Gasteiger partial charge on any atom is 0.162 e. The van der Waals surface area contributed by atoms with Gasteiger partial charge in [0.2, 0.25) is 0 Å². The van der Waals surface area contributed by atoms with Crippen molar-refractivity contribution < 1.29 is 9.47 Å². The number of pyridine rings is 1. The maximum absolute atomic E-state index is 5.93. The van der Waals surface area contributed by atoms with Crippen molar-refractivity contribution in [2.75, 3.05) is 13.2 Å². The molecule has 0 amide bonds. The molecule has 4 heterocycles. The van der Waals surface area contributed by atoms with E-state index in [1.54, 1.807) is 0 Å². The topological polar surface area (TPSA) is 49.2 Å². The highest BCUT2D eigenvalue weighted by Gasteiger charge is 2.47. The number of halogens is 1. The first-order chi connectivity index (χ1) is 10.8. The number of nitrogens with zero attached hydrogens (tertiary/aromatic N) is 3. The molecule has 3 aromatic rings. The maximum atomic E-state index is 5.93. The molecule has 5 nitrogen and oxygen atoms in total. The van der Waals surface area contributed by atoms with E-state index in [4.69, 9.17) is 9.47 Å². The number of para-hydroxylation sites is 1. The van der Waals surface area contributed by atoms with Crippen molar-refractivity contribution in [1.82, 2.24) is 14.5 Å². The first-order valence-electron chi connectivity index (χ1n) is 7.12. The SMILES string of the molecule is Brc1ccc2nc3n(c2n1)C1(COC3)COc2ccccc21. The minimum Gasteiger partial charge on any atom is -0.490 e. The minimum atomic E-state index is -0.382. The Morgan fingerprint density at radius 1 is 1.09 bits per heavy atom. The minimum absolute atomic E-state index is 0.382. The largest absolute Gasteiger partial charge is 0.490 e. The van der Waals surface area contributed by atoms with Gasteiger partial charge in [0.05, 0.1) is 6.61 Å². The van der Waals surface area contributed by atoms with Gasteiger partial charge in [-0.1, -0.05) is 18.2 Å². The van der Waals surface area contributed by atoms with Gasteiger partial charge in [0.1, 0.15) is 40.4 Å². The van der Waals surface area contributed by atoms with Crippen LogP contribution in [0.3, 0.4) is 0 Å². The Kier molecular flexibility index (Phi) is 2.46. The van der Waals surface area contributed by atoms with Gasteiger partial charge in [-0.15, -0.1) is 0 Å². The van der Waals surface area contributed by atoms with Crippen molar-refractivity contribution in [3.63, 3.8) is 0 Å². The first-order valence-corrected chi connectivity index (χ1v) is 7.92. The second-order valence-corrected chi connectivity index (χ2v) is 6.46. The van der Waals surface area contributed by atoms with Gasteiger partial charge >= 0.3 is 0 Å². The van der Waals surface area contributed by atoms with E-state index in [0.29, 0.717) is 19.8 Å². The Bertz CT molecular complexity index is 908. The van der Waals surface area contributed by atoms with Gasteiger partial charge in [-0.05, 0) is 34.1 Å². The van der Waals surface area contributed by atoms with E-state index >= 15 is 0 Å². The van der Waals surface area contributed by atoms with E-state index in [0.717, 1.165) is 32.9 Å². The number of rotatable bonds is 0. The summed E-state index contributed by atoms with van der Waals surface area (Å²) in [4.78, 5) is 9.33. The molecule has 5 rings (SSSR count). The molecule has 0 saturated carbocycles. The Balaban J connectivity index is 1.86. The highest BCUT2D eigenvalue weighted by Crippen LogP contribution is 2.44. The third kappa shape index (κ3) is 1.51. The summed E-state index contributed by atoms with van der Waals surface area (Å²) in [6.45, 7) is 1.60. The van der Waals surface area contributed by atoms with Crippen LogP contribution in [-0.2, 0) is 16.9 Å². The molecule has 0 bridgehead atoms. The zero-order valence-corrected chi connectivity index (χ0v) is 13.2. The summed E-state index contributed by atoms with van der Waals surface area (Å²) >= 11 is 3.46. The molecule has 22 heavy (non-hydrogen) atoms. The van der Waals surface area contributed by atoms with Crippen LogP contribution in [-0.4, -0.2) is 27.7 Å². The number of hydrogen-bond donors (Lipinski definition) is 0. The van der Waals surface area contributed by atoms with Crippen molar-refractivity contribution in [1.29, 1.82) is 0 Å². The van der Waals surface area contributed by atoms with Crippen LogP contribution in [0, 0.1) is 0 Å². The molecule has 1 atom stereocenters. The quantitative estimate of drug-likeness (QED) is 0.580. The van der Waals surface area contributed by atoms with E-state index in [1.807, 2.05) is 30.3 Å². The number of aromatic nitrogens is 3. The Morgan fingerprint density at radius 2 is 2.00 bits per heavy atom. The van der Waals surface area contributed by atoms with E-state index < -0.39 is 0 Å². The van der Waals surface area contributed by atoms with Crippen LogP contribution < -0.4 is 4.74 Å². The van der Waals surface area contributed by atoms with E-state index in [1.165, 1.54) is 0 Å². The zero-order valence-electron chi connectivity index (χ0n) is 11.6. The number of imidazole rings is 1. The van der Waals surface area contributed by atoms with Crippen LogP contribution in [0.25, 0.3) is 11.2 Å². The zero-order chi connectivity index (χ0) is 14.7. The molecule has 0 radical (unpaired) electrons. The first kappa shape index (κ1) is 12.6. The third-order valence-corrected chi connectivity index (χ3v) is 4.84. The van der Waals surface area contributed by atoms with Gasteiger partial charge in [-0.3, -0.25) is 4.57 Å². The van der Waals surface area contributed by atoms with Crippen molar-refractivity contribution >= 4 is 27.1 Å². The Morgan fingerprint density at radius 3 is 2.95 bits per heavy atom. The molecule has 1 aromatic carbocycles. The second kappa shape index (κ2) is 4.30. The van der Waals surface area contributed by atoms with Gasteiger partial charge < -0.3 is 9.47 Å². The van der Waals surface area contributed by atoms with E-state index in [2.05, 4.69) is 36.5 Å². The molecule has 2 aliphatic heterocycles. The average Bonchev–Trinajstić information content (AvgIpc) is 3.08. The smallest absolute Gasteiger partial charge is 0.162 e. The van der Waals surface area contributed by atoms with E-state index in [9.17, 15) is 0 Å². The lowest BCUT2D eigenvalue weighted by Gasteiger charge is -2.34. The monoisotopic (exact) mass is 357 g/mol. The van der Waals surface area contributed by atoms with Crippen molar-refractivity contribution in [2.45, 2.75) is 12.1 Å². The molecular weight excluding hydrogens is 346 g/mol. The van der Waals surface area contributed by atoms with Crippen molar-refractivity contribution in [2.24, 2.45) is 0 Å². The molecule has 0 fully saturated rings. The lowest BCUT2D eigenvalue weighted by Crippen LogP contribution is -2.45. The summed E-state index contributed by atoms with van der Waals surface area (Å²) in [6, 6.07) is 12.0. The summed E-state index contributed by atoms with van der Waals surface area (Å²) in [7, 11) is 0. The molecule has 0 N–H and O–H groups in total. The molecule has 110 valence electrons. The fourth-order valence-corrected chi connectivity index (χ4v) is 3.76. The second-order valence-electron chi connectivity index (χ2n) is 5.65. The lowest BCUT2D eigenvalue weighted by molar-refractivity contribution is 0.0134. The summed E-state index contributed by atoms with van der Waals surface area (Å²) in [5.41, 5.74) is 2.50. The van der Waals surface area contributed by atoms with Crippen LogP contribution in [0.15, 0.2) is 41.0 Å². The highest BCUT2D eigenvalue weighted by atomic mass is 79.9. The summed E-state index contributed by atoms with van der Waals surface area (Å²) < 4.78 is 14.8. The van der Waals surface area contributed by atoms with Crippen LogP contribution in [0.2, 0.25) is 0 Å². The van der Waals surface area contributed by atoms with Gasteiger partial charge in [-0.25, -0.2) is 9.97 Å². The molecule has 2 aliphatic rings. The van der Waals surface area contributed by atoms with Gasteiger partial charge in [0, 0.05) is 5.56 Å². The van der Waals surface area contributed by atoms with Gasteiger partial charge in [0.25, 0.3) is 0 Å². The standard InChI is InChI=1S/C16H12BrN3O2/c17-13-6-5-11-15(19-13)20-14(18-11)7-21-8-16(20)9-22-12-4-2-1-3-10(12)16/h1-6H,7-9H2. The Hall–Kier alpha value is -1.92. The summed E-state index contributed by atoms with van der Waals surface area (Å²) in [5, 5.41) is 0. The fourth-order valence-electron chi connectivity index (χ4n) is 3.46. The molecular formula is C16H12BrN3O2. The predicted molar refractivity (Wildman–Crippen MR) is 83.9 cm³/mol. The highest BCUT2D eigenvalue weighted by molar-refractivity contribution is 9.10. The van der Waals surface area contributed by atoms with Gasteiger partial charge in [0.15, 0.2) is 5.65 Å². The molecule has 0 aliphatic carbocycles. The number of fused-ring (bicyclic) bond motifs is 6. The Labute approximate surface area is 135 Å². The lowest BCUT2D eigenvalue weighted by atomic mass is 9.91. The van der Waals surface area contributed by atoms with Gasteiger partial charge in [-0.2, -0.15) is 0 Å². The van der Waals surface area contributed by atoms with Crippen LogP contribution in [0.1, 0.15) is 11.4 Å². The normalized spacial score (nSPS) is 22.6. The molecule has 1 spiro atoms. The van der Waals surface area contributed by atoms with Crippen LogP contribution in [0.5, 0.6) is 5.75 Å². The number of ether oxygens (including phenoxy) is 2. The predicted octanol–water partition coefficient (Wildman–Crippen LogP) is 2.86. The fraction of sp³-hybridized carbons (Fsp3) is 0.250. The van der Waals surface area contributed by atoms with Crippen molar-refractivity contribution in [3.8, 4) is 5.75 Å². The third-order valence-electron chi connectivity index (χ3n) is 4.39. The van der Waals surface area contributed by atoms with E-state index in [-0.39, 0.29) is 5.54 Å². The molecule has 0 saturated heterocycles. The molecule has 6 heteroatoms. The average molecular weight is 358 g/mol. The van der Waals surface area contributed by atoms with Crippen molar-refractivity contribution in [3.05, 3.63) is 52.4 Å². The molecule has 2 aromatic heterocycles. The summed E-state index contributed by atoms with van der Waals surface area (Å²) in [5.74, 6) is 1.81. The van der Waals surface area contributed by atoms with Crippen LogP contribution >= 0.6 is 15.9 Å². The van der Waals surface area contributed by atoms with Crippen LogP contribution in [0.4, 0.5) is 0 Å². The number of hydrogen-bond acceptors (Lipinski definition) is 4.